The Morgan fingerprint density at radius 2 is 2.36 bits per heavy atom. The van der Waals surface area contributed by atoms with Crippen molar-refractivity contribution in [3.8, 4) is 0 Å². The highest BCUT2D eigenvalue weighted by Gasteiger charge is 2.20. The minimum atomic E-state index is -0.646. The minimum absolute atomic E-state index is 0.0927. The number of nitro groups is 1. The molecule has 0 spiro atoms. The van der Waals surface area contributed by atoms with Crippen LogP contribution in [0.5, 0.6) is 0 Å². The first kappa shape index (κ1) is 10.8. The summed E-state index contributed by atoms with van der Waals surface area (Å²) < 4.78 is 0. The Bertz CT molecular complexity index is 358. The number of nitrogens with zero attached hydrogens (tertiary/aromatic N) is 2. The van der Waals surface area contributed by atoms with Gasteiger partial charge < -0.3 is 11.5 Å². The van der Waals surface area contributed by atoms with Crippen LogP contribution in [0.25, 0.3) is 0 Å². The van der Waals surface area contributed by atoms with Gasteiger partial charge in [0.1, 0.15) is 5.69 Å². The lowest BCUT2D eigenvalue weighted by Gasteiger charge is -2.07. The van der Waals surface area contributed by atoms with Crippen molar-refractivity contribution in [1.29, 1.82) is 0 Å². The highest BCUT2D eigenvalue weighted by molar-refractivity contribution is 6.30. The first-order valence-corrected chi connectivity index (χ1v) is 4.19. The number of rotatable bonds is 3. The molecule has 0 aliphatic heterocycles. The van der Waals surface area contributed by atoms with E-state index in [1.54, 1.807) is 0 Å². The molecule has 76 valence electrons. The molecule has 0 amide bonds. The van der Waals surface area contributed by atoms with E-state index >= 15 is 0 Å². The van der Waals surface area contributed by atoms with Crippen molar-refractivity contribution in [2.45, 2.75) is 6.04 Å². The van der Waals surface area contributed by atoms with Gasteiger partial charge in [-0.1, -0.05) is 11.6 Å². The smallest absolute Gasteiger partial charge is 0.293 e. The van der Waals surface area contributed by atoms with Gasteiger partial charge in [0.15, 0.2) is 0 Å². The molecule has 14 heavy (non-hydrogen) atoms. The molecule has 0 saturated heterocycles. The zero-order valence-electron chi connectivity index (χ0n) is 7.18. The summed E-state index contributed by atoms with van der Waals surface area (Å²) >= 11 is 5.57. The van der Waals surface area contributed by atoms with Gasteiger partial charge in [0.25, 0.3) is 5.69 Å². The van der Waals surface area contributed by atoms with Gasteiger partial charge in [0.2, 0.25) is 0 Å². The number of halogens is 1. The van der Waals surface area contributed by atoms with Crippen molar-refractivity contribution >= 4 is 17.3 Å². The van der Waals surface area contributed by atoms with E-state index in [-0.39, 0.29) is 22.9 Å². The third kappa shape index (κ3) is 2.16. The second kappa shape index (κ2) is 4.32. The maximum atomic E-state index is 10.6. The number of hydrogen-bond acceptors (Lipinski definition) is 5. The lowest BCUT2D eigenvalue weighted by atomic mass is 10.1. The van der Waals surface area contributed by atoms with Gasteiger partial charge in [0, 0.05) is 18.8 Å². The van der Waals surface area contributed by atoms with Crippen LogP contribution in [0.2, 0.25) is 5.02 Å². The Labute approximate surface area is 85.0 Å². The minimum Gasteiger partial charge on any atom is -0.329 e. The Kier molecular flexibility index (Phi) is 3.34. The van der Waals surface area contributed by atoms with Gasteiger partial charge in [-0.2, -0.15) is 0 Å². The largest absolute Gasteiger partial charge is 0.329 e. The fourth-order valence-electron chi connectivity index (χ4n) is 0.983. The van der Waals surface area contributed by atoms with Crippen molar-refractivity contribution in [2.75, 3.05) is 6.54 Å². The molecule has 1 rings (SSSR count). The molecular formula is C7H9ClN4O2. The van der Waals surface area contributed by atoms with Crippen LogP contribution in [0, 0.1) is 10.1 Å². The number of hydrogen-bond donors (Lipinski definition) is 2. The monoisotopic (exact) mass is 216 g/mol. The highest BCUT2D eigenvalue weighted by Crippen LogP contribution is 2.24. The quantitative estimate of drug-likeness (QED) is 0.568. The maximum absolute atomic E-state index is 10.6. The molecule has 7 heteroatoms. The summed E-state index contributed by atoms with van der Waals surface area (Å²) in [4.78, 5) is 13.8. The normalized spacial score (nSPS) is 12.5. The van der Waals surface area contributed by atoms with Crippen molar-refractivity contribution in [3.05, 3.63) is 33.1 Å². The molecule has 0 bridgehead atoms. The van der Waals surface area contributed by atoms with E-state index < -0.39 is 11.0 Å². The van der Waals surface area contributed by atoms with Crippen molar-refractivity contribution < 1.29 is 4.92 Å². The summed E-state index contributed by atoms with van der Waals surface area (Å²) in [6, 6.07) is 0.562. The fraction of sp³-hybridized carbons (Fsp3) is 0.286. The summed E-state index contributed by atoms with van der Waals surface area (Å²) in [5.74, 6) is 0. The van der Waals surface area contributed by atoms with E-state index in [4.69, 9.17) is 23.1 Å². The van der Waals surface area contributed by atoms with Crippen LogP contribution in [-0.4, -0.2) is 16.5 Å². The maximum Gasteiger partial charge on any atom is 0.293 e. The SMILES string of the molecule is NC[C@H](N)c1ncc(Cl)cc1[N+](=O)[O-]. The molecule has 0 fully saturated rings. The van der Waals surface area contributed by atoms with Crippen LogP contribution in [0.15, 0.2) is 12.3 Å². The summed E-state index contributed by atoms with van der Waals surface area (Å²) in [5.41, 5.74) is 10.8. The summed E-state index contributed by atoms with van der Waals surface area (Å²) in [6.45, 7) is 0.0927. The van der Waals surface area contributed by atoms with Gasteiger partial charge in [-0.25, -0.2) is 0 Å². The summed E-state index contributed by atoms with van der Waals surface area (Å²) in [7, 11) is 0. The van der Waals surface area contributed by atoms with Crippen molar-refractivity contribution in [2.24, 2.45) is 11.5 Å². The van der Waals surface area contributed by atoms with E-state index in [0.717, 1.165) is 0 Å². The lowest BCUT2D eigenvalue weighted by molar-refractivity contribution is -0.386. The average Bonchev–Trinajstić information content (AvgIpc) is 2.16. The fourth-order valence-corrected chi connectivity index (χ4v) is 1.13. The second-order valence-electron chi connectivity index (χ2n) is 2.66. The molecular weight excluding hydrogens is 208 g/mol. The molecule has 0 aromatic carbocycles. The Balaban J connectivity index is 3.21. The summed E-state index contributed by atoms with van der Waals surface area (Å²) in [5, 5.41) is 10.8. The molecule has 0 radical (unpaired) electrons. The van der Waals surface area contributed by atoms with E-state index in [2.05, 4.69) is 4.98 Å². The van der Waals surface area contributed by atoms with Gasteiger partial charge in [0.05, 0.1) is 16.0 Å². The molecule has 1 aromatic heterocycles. The predicted molar refractivity (Wildman–Crippen MR) is 51.9 cm³/mol. The topological polar surface area (TPSA) is 108 Å². The first-order chi connectivity index (χ1) is 6.56. The lowest BCUT2D eigenvalue weighted by Crippen LogP contribution is -2.22. The van der Waals surface area contributed by atoms with Crippen molar-refractivity contribution in [1.82, 2.24) is 4.98 Å². The molecule has 1 heterocycles. The zero-order valence-corrected chi connectivity index (χ0v) is 7.94. The van der Waals surface area contributed by atoms with Gasteiger partial charge >= 0.3 is 0 Å². The van der Waals surface area contributed by atoms with E-state index in [1.807, 2.05) is 0 Å². The third-order valence-corrected chi connectivity index (χ3v) is 1.87. The van der Waals surface area contributed by atoms with Gasteiger partial charge in [-0.15, -0.1) is 0 Å². The highest BCUT2D eigenvalue weighted by atomic mass is 35.5. The standard InChI is InChI=1S/C7H9ClN4O2/c8-4-1-6(12(13)14)7(11-3-4)5(10)2-9/h1,3,5H,2,9-10H2/t5-/m0/s1. The number of aromatic nitrogens is 1. The van der Waals surface area contributed by atoms with Crippen LogP contribution in [-0.2, 0) is 0 Å². The molecule has 0 saturated carbocycles. The van der Waals surface area contributed by atoms with Gasteiger partial charge in [-0.05, 0) is 0 Å². The Morgan fingerprint density at radius 3 is 2.86 bits per heavy atom. The zero-order chi connectivity index (χ0) is 10.7. The average molecular weight is 217 g/mol. The molecule has 0 aliphatic rings. The van der Waals surface area contributed by atoms with Gasteiger partial charge in [-0.3, -0.25) is 15.1 Å². The van der Waals surface area contributed by atoms with Crippen LogP contribution in [0.1, 0.15) is 11.7 Å². The molecule has 6 nitrogen and oxygen atoms in total. The third-order valence-electron chi connectivity index (χ3n) is 1.67. The molecule has 1 atom stereocenters. The van der Waals surface area contributed by atoms with E-state index in [9.17, 15) is 10.1 Å². The molecule has 4 N–H and O–H groups in total. The molecule has 1 aromatic rings. The Hall–Kier alpha value is -1.24. The summed E-state index contributed by atoms with van der Waals surface area (Å²) in [6.07, 6.45) is 1.30. The second-order valence-corrected chi connectivity index (χ2v) is 3.09. The van der Waals surface area contributed by atoms with Crippen LogP contribution < -0.4 is 11.5 Å². The van der Waals surface area contributed by atoms with Crippen molar-refractivity contribution in [3.63, 3.8) is 0 Å². The number of nitrogens with two attached hydrogens (primary N) is 2. The van der Waals surface area contributed by atoms with Crippen LogP contribution in [0.3, 0.4) is 0 Å². The predicted octanol–water partition coefficient (Wildman–Crippen LogP) is 0.602. The van der Waals surface area contributed by atoms with Crippen LogP contribution in [0.4, 0.5) is 5.69 Å². The van der Waals surface area contributed by atoms with E-state index in [0.29, 0.717) is 0 Å². The van der Waals surface area contributed by atoms with Crippen LogP contribution >= 0.6 is 11.6 Å². The van der Waals surface area contributed by atoms with E-state index in [1.165, 1.54) is 12.3 Å². The number of pyridine rings is 1. The first-order valence-electron chi connectivity index (χ1n) is 3.81. The molecule has 0 aliphatic carbocycles. The Morgan fingerprint density at radius 1 is 1.71 bits per heavy atom. The molecule has 0 unspecified atom stereocenters.